The van der Waals surface area contributed by atoms with Gasteiger partial charge in [0.2, 0.25) is 5.88 Å². The molecule has 1 aliphatic rings. The van der Waals surface area contributed by atoms with Gasteiger partial charge < -0.3 is 20.1 Å². The van der Waals surface area contributed by atoms with E-state index < -0.39 is 23.2 Å². The molecule has 158 valence electrons. The summed E-state index contributed by atoms with van der Waals surface area (Å²) in [6.45, 7) is 2.86. The van der Waals surface area contributed by atoms with Gasteiger partial charge in [0.1, 0.15) is 11.3 Å². The average molecular weight is 418 g/mol. The van der Waals surface area contributed by atoms with Crippen LogP contribution in [0.4, 0.5) is 0 Å². The van der Waals surface area contributed by atoms with E-state index in [4.69, 9.17) is 4.74 Å². The standard InChI is InChI=1S/C23H22N4O4/c1-2-31-17-10-6-5-9-16(17)27-22(29)18(21(28)26-23(27)30)20-19-14(11-12-24-20)13-7-3-4-8-15(13)25-19/h3-10,20,24-25,29H,2,11-12H2,1H3,(H,26,28,30)/t20-/m1/s1. The van der Waals surface area contributed by atoms with Gasteiger partial charge >= 0.3 is 5.69 Å². The third kappa shape index (κ3) is 3.03. The molecule has 3 heterocycles. The molecule has 1 aliphatic heterocycles. The maximum absolute atomic E-state index is 12.9. The molecule has 0 unspecified atom stereocenters. The van der Waals surface area contributed by atoms with Crippen LogP contribution < -0.4 is 21.3 Å². The predicted molar refractivity (Wildman–Crippen MR) is 117 cm³/mol. The lowest BCUT2D eigenvalue weighted by molar-refractivity contribution is 0.336. The number of nitrogens with one attached hydrogen (secondary N) is 3. The van der Waals surface area contributed by atoms with E-state index in [9.17, 15) is 14.7 Å². The number of ether oxygens (including phenoxy) is 1. The minimum absolute atomic E-state index is 0.0819. The first-order chi connectivity index (χ1) is 15.1. The Balaban J connectivity index is 1.74. The van der Waals surface area contributed by atoms with E-state index in [1.807, 2.05) is 31.2 Å². The van der Waals surface area contributed by atoms with Gasteiger partial charge in [-0.2, -0.15) is 0 Å². The van der Waals surface area contributed by atoms with Crippen molar-refractivity contribution in [2.75, 3.05) is 13.2 Å². The number of H-pyrrole nitrogens is 2. The Morgan fingerprint density at radius 1 is 1.10 bits per heavy atom. The van der Waals surface area contributed by atoms with Crippen LogP contribution in [-0.4, -0.2) is 32.8 Å². The highest BCUT2D eigenvalue weighted by Gasteiger charge is 2.31. The molecule has 31 heavy (non-hydrogen) atoms. The van der Waals surface area contributed by atoms with Crippen molar-refractivity contribution in [3.8, 4) is 17.3 Å². The molecule has 0 amide bonds. The van der Waals surface area contributed by atoms with Crippen LogP contribution in [-0.2, 0) is 6.42 Å². The molecule has 4 N–H and O–H groups in total. The molecule has 0 fully saturated rings. The van der Waals surface area contributed by atoms with Gasteiger partial charge in [0, 0.05) is 23.1 Å². The Morgan fingerprint density at radius 3 is 2.71 bits per heavy atom. The van der Waals surface area contributed by atoms with Gasteiger partial charge in [0.05, 0.1) is 18.3 Å². The molecule has 0 bridgehead atoms. The highest BCUT2D eigenvalue weighted by Crippen LogP contribution is 2.35. The Hall–Kier alpha value is -3.78. The van der Waals surface area contributed by atoms with Crippen LogP contribution in [0.15, 0.2) is 58.1 Å². The van der Waals surface area contributed by atoms with Crippen molar-refractivity contribution >= 4 is 10.9 Å². The van der Waals surface area contributed by atoms with Crippen molar-refractivity contribution < 1.29 is 9.84 Å². The second-order valence-corrected chi connectivity index (χ2v) is 7.43. The molecule has 4 aromatic rings. The van der Waals surface area contributed by atoms with E-state index in [0.717, 1.165) is 33.1 Å². The van der Waals surface area contributed by atoms with Gasteiger partial charge in [-0.25, -0.2) is 9.36 Å². The van der Waals surface area contributed by atoms with Gasteiger partial charge in [0.15, 0.2) is 0 Å². The summed E-state index contributed by atoms with van der Waals surface area (Å²) in [5, 5.41) is 15.6. The number of fused-ring (bicyclic) bond motifs is 3. The number of rotatable bonds is 4. The first-order valence-corrected chi connectivity index (χ1v) is 10.2. The van der Waals surface area contributed by atoms with Crippen molar-refractivity contribution in [1.82, 2.24) is 19.9 Å². The number of benzene rings is 2. The fourth-order valence-corrected chi connectivity index (χ4v) is 4.37. The zero-order chi connectivity index (χ0) is 21.5. The van der Waals surface area contributed by atoms with Crippen LogP contribution >= 0.6 is 0 Å². The number of hydrogen-bond donors (Lipinski definition) is 4. The highest BCUT2D eigenvalue weighted by atomic mass is 16.5. The van der Waals surface area contributed by atoms with Gasteiger partial charge in [-0.05, 0) is 37.1 Å². The lowest BCUT2D eigenvalue weighted by Gasteiger charge is -2.25. The zero-order valence-corrected chi connectivity index (χ0v) is 16.9. The van der Waals surface area contributed by atoms with Crippen molar-refractivity contribution in [2.24, 2.45) is 0 Å². The predicted octanol–water partition coefficient (Wildman–Crippen LogP) is 2.35. The van der Waals surface area contributed by atoms with E-state index in [1.165, 1.54) is 0 Å². The molecule has 8 nitrogen and oxygen atoms in total. The summed E-state index contributed by atoms with van der Waals surface area (Å²) in [5.41, 5.74) is 1.97. The summed E-state index contributed by atoms with van der Waals surface area (Å²) in [6, 6.07) is 14.2. The molecular formula is C23H22N4O4. The van der Waals surface area contributed by atoms with Crippen LogP contribution in [0, 0.1) is 0 Å². The van der Waals surface area contributed by atoms with Crippen LogP contribution in [0.5, 0.6) is 11.6 Å². The third-order valence-electron chi connectivity index (χ3n) is 5.67. The SMILES string of the molecule is CCOc1ccccc1-n1c(O)c([C@H]2NCCc3c2[nH]c2ccccc32)c(=O)[nH]c1=O. The first-order valence-electron chi connectivity index (χ1n) is 10.2. The van der Waals surface area contributed by atoms with E-state index in [1.54, 1.807) is 24.3 Å². The molecule has 5 rings (SSSR count). The van der Waals surface area contributed by atoms with E-state index in [2.05, 4.69) is 15.3 Å². The minimum Gasteiger partial charge on any atom is -0.494 e. The first kappa shape index (κ1) is 19.2. The van der Waals surface area contributed by atoms with Crippen LogP contribution in [0.2, 0.25) is 0 Å². The summed E-state index contributed by atoms with van der Waals surface area (Å²) in [6.07, 6.45) is 0.793. The number of aromatic nitrogens is 3. The van der Waals surface area contributed by atoms with E-state index in [-0.39, 0.29) is 5.56 Å². The number of nitrogens with zero attached hydrogens (tertiary/aromatic N) is 1. The maximum Gasteiger partial charge on any atom is 0.335 e. The molecule has 0 radical (unpaired) electrons. The fraction of sp³-hybridized carbons (Fsp3) is 0.217. The van der Waals surface area contributed by atoms with Gasteiger partial charge in [-0.3, -0.25) is 9.78 Å². The van der Waals surface area contributed by atoms with Crippen molar-refractivity contribution in [3.63, 3.8) is 0 Å². The Kier molecular flexibility index (Phi) is 4.63. The van der Waals surface area contributed by atoms with Crippen LogP contribution in [0.25, 0.3) is 16.6 Å². The van der Waals surface area contributed by atoms with Crippen LogP contribution in [0.1, 0.15) is 29.8 Å². The lowest BCUT2D eigenvalue weighted by Crippen LogP contribution is -2.38. The second-order valence-electron chi connectivity index (χ2n) is 7.43. The summed E-state index contributed by atoms with van der Waals surface area (Å²) in [5.74, 6) is 0.0215. The normalized spacial score (nSPS) is 15.7. The van der Waals surface area contributed by atoms with Gasteiger partial charge in [-0.15, -0.1) is 0 Å². The second kappa shape index (κ2) is 7.48. The number of para-hydroxylation sites is 3. The van der Waals surface area contributed by atoms with Crippen molar-refractivity contribution in [2.45, 2.75) is 19.4 Å². The molecule has 2 aromatic heterocycles. The zero-order valence-electron chi connectivity index (χ0n) is 16.9. The van der Waals surface area contributed by atoms with Gasteiger partial charge in [-0.1, -0.05) is 30.3 Å². The van der Waals surface area contributed by atoms with Crippen LogP contribution in [0.3, 0.4) is 0 Å². The summed E-state index contributed by atoms with van der Waals surface area (Å²) >= 11 is 0. The fourth-order valence-electron chi connectivity index (χ4n) is 4.37. The largest absolute Gasteiger partial charge is 0.494 e. The molecule has 2 aromatic carbocycles. The Morgan fingerprint density at radius 2 is 1.87 bits per heavy atom. The smallest absolute Gasteiger partial charge is 0.335 e. The molecule has 8 heteroatoms. The van der Waals surface area contributed by atoms with Crippen molar-refractivity contribution in [1.29, 1.82) is 0 Å². The summed E-state index contributed by atoms with van der Waals surface area (Å²) < 4.78 is 6.71. The lowest BCUT2D eigenvalue weighted by atomic mass is 9.95. The number of hydrogen-bond acceptors (Lipinski definition) is 5. The van der Waals surface area contributed by atoms with E-state index >= 15 is 0 Å². The topological polar surface area (TPSA) is 112 Å². The minimum atomic E-state index is -0.730. The molecule has 0 spiro atoms. The van der Waals surface area contributed by atoms with Gasteiger partial charge in [0.25, 0.3) is 5.56 Å². The van der Waals surface area contributed by atoms with Crippen molar-refractivity contribution in [3.05, 3.63) is 86.2 Å². The quantitative estimate of drug-likeness (QED) is 0.406. The molecule has 0 saturated heterocycles. The maximum atomic E-state index is 12.9. The summed E-state index contributed by atoms with van der Waals surface area (Å²) in [7, 11) is 0. The highest BCUT2D eigenvalue weighted by molar-refractivity contribution is 5.85. The molecule has 0 aliphatic carbocycles. The average Bonchev–Trinajstić information content (AvgIpc) is 3.14. The molecule has 0 saturated carbocycles. The van der Waals surface area contributed by atoms with E-state index in [0.29, 0.717) is 24.6 Å². The number of aromatic hydroxyl groups is 1. The number of aromatic amines is 2. The Bertz CT molecular complexity index is 1400. The monoisotopic (exact) mass is 418 g/mol. The Labute approximate surface area is 177 Å². The molecule has 1 atom stereocenters. The summed E-state index contributed by atoms with van der Waals surface area (Å²) in [4.78, 5) is 31.3. The molecular weight excluding hydrogens is 396 g/mol. The third-order valence-corrected chi connectivity index (χ3v) is 5.67.